The van der Waals surface area contributed by atoms with Crippen LogP contribution in [0.3, 0.4) is 0 Å². The van der Waals surface area contributed by atoms with Crippen LogP contribution in [0.2, 0.25) is 0 Å². The highest BCUT2D eigenvalue weighted by molar-refractivity contribution is 8.00. The first-order chi connectivity index (χ1) is 7.85. The summed E-state index contributed by atoms with van der Waals surface area (Å²) in [7, 11) is 0. The monoisotopic (exact) mass is 237 g/mol. The van der Waals surface area contributed by atoms with E-state index in [1.807, 2.05) is 17.8 Å². The molecule has 2 rings (SSSR count). The van der Waals surface area contributed by atoms with Crippen LogP contribution in [-0.2, 0) is 6.54 Å². The summed E-state index contributed by atoms with van der Waals surface area (Å²) in [6.07, 6.45) is 11.1. The van der Waals surface area contributed by atoms with Crippen LogP contribution in [0.15, 0.2) is 18.6 Å². The molecule has 1 saturated carbocycles. The molecule has 1 fully saturated rings. The highest BCUT2D eigenvalue weighted by Gasteiger charge is 2.32. The van der Waals surface area contributed by atoms with Crippen molar-refractivity contribution in [1.29, 1.82) is 0 Å². The molecule has 0 atom stereocenters. The molecule has 0 amide bonds. The van der Waals surface area contributed by atoms with Gasteiger partial charge in [-0.05, 0) is 25.2 Å². The number of aromatic nitrogens is 2. The topological polar surface area (TPSA) is 37.8 Å². The molecule has 4 heteroatoms. The number of nitrogens with one attached hydrogen (secondary N) is 1. The molecule has 0 bridgehead atoms. The van der Waals surface area contributed by atoms with Gasteiger partial charge in [0.2, 0.25) is 0 Å². The van der Waals surface area contributed by atoms with E-state index in [0.29, 0.717) is 4.75 Å². The SMILES string of the molecule is CSC1(CNCc2ccncn2)CCCC1. The first-order valence-corrected chi connectivity index (χ1v) is 7.08. The minimum Gasteiger partial charge on any atom is -0.310 e. The Hall–Kier alpha value is -0.610. The zero-order valence-corrected chi connectivity index (χ0v) is 10.6. The minimum absolute atomic E-state index is 0.479. The molecule has 16 heavy (non-hydrogen) atoms. The third-order valence-electron chi connectivity index (χ3n) is 3.34. The summed E-state index contributed by atoms with van der Waals surface area (Å²) in [6, 6.07) is 1.97. The number of hydrogen-bond donors (Lipinski definition) is 1. The van der Waals surface area contributed by atoms with E-state index in [9.17, 15) is 0 Å². The van der Waals surface area contributed by atoms with Crippen LogP contribution in [0.1, 0.15) is 31.4 Å². The lowest BCUT2D eigenvalue weighted by atomic mass is 10.1. The summed E-state index contributed by atoms with van der Waals surface area (Å²) in [5, 5.41) is 3.52. The Kier molecular flexibility index (Phi) is 4.18. The fourth-order valence-corrected chi connectivity index (χ4v) is 3.26. The predicted octanol–water partition coefficient (Wildman–Crippen LogP) is 2.24. The average molecular weight is 237 g/mol. The molecular formula is C12H19N3S. The second-order valence-corrected chi connectivity index (χ2v) is 5.67. The van der Waals surface area contributed by atoms with Crippen molar-refractivity contribution in [2.45, 2.75) is 37.0 Å². The number of hydrogen-bond acceptors (Lipinski definition) is 4. The van der Waals surface area contributed by atoms with Gasteiger partial charge in [0.1, 0.15) is 6.33 Å². The number of nitrogens with zero attached hydrogens (tertiary/aromatic N) is 2. The van der Waals surface area contributed by atoms with Crippen molar-refractivity contribution in [1.82, 2.24) is 15.3 Å². The maximum absolute atomic E-state index is 4.21. The minimum atomic E-state index is 0.479. The van der Waals surface area contributed by atoms with Crippen molar-refractivity contribution in [3.8, 4) is 0 Å². The highest BCUT2D eigenvalue weighted by Crippen LogP contribution is 2.39. The molecule has 0 aliphatic heterocycles. The number of thioether (sulfide) groups is 1. The summed E-state index contributed by atoms with van der Waals surface area (Å²) >= 11 is 2.02. The van der Waals surface area contributed by atoms with E-state index >= 15 is 0 Å². The molecular weight excluding hydrogens is 218 g/mol. The highest BCUT2D eigenvalue weighted by atomic mass is 32.2. The van der Waals surface area contributed by atoms with Gasteiger partial charge in [-0.15, -0.1) is 0 Å². The van der Waals surface area contributed by atoms with E-state index in [1.54, 1.807) is 12.5 Å². The van der Waals surface area contributed by atoms with E-state index in [2.05, 4.69) is 21.5 Å². The first-order valence-electron chi connectivity index (χ1n) is 5.85. The van der Waals surface area contributed by atoms with Crippen molar-refractivity contribution >= 4 is 11.8 Å². The van der Waals surface area contributed by atoms with Crippen LogP contribution in [0.5, 0.6) is 0 Å². The third kappa shape index (κ3) is 2.95. The quantitative estimate of drug-likeness (QED) is 0.852. The maximum atomic E-state index is 4.21. The predicted molar refractivity (Wildman–Crippen MR) is 68.5 cm³/mol. The molecule has 0 radical (unpaired) electrons. The molecule has 1 aromatic rings. The molecule has 0 aromatic carbocycles. The summed E-state index contributed by atoms with van der Waals surface area (Å²) < 4.78 is 0.479. The molecule has 88 valence electrons. The molecule has 1 aromatic heterocycles. The Morgan fingerprint density at radius 2 is 2.25 bits per heavy atom. The van der Waals surface area contributed by atoms with Crippen molar-refractivity contribution in [3.05, 3.63) is 24.3 Å². The fraction of sp³-hybridized carbons (Fsp3) is 0.667. The first kappa shape index (κ1) is 11.9. The third-order valence-corrected chi connectivity index (χ3v) is 4.76. The molecule has 1 N–H and O–H groups in total. The van der Waals surface area contributed by atoms with Crippen LogP contribution in [0.4, 0.5) is 0 Å². The van der Waals surface area contributed by atoms with Gasteiger partial charge in [0.05, 0.1) is 5.69 Å². The van der Waals surface area contributed by atoms with Gasteiger partial charge in [-0.2, -0.15) is 11.8 Å². The van der Waals surface area contributed by atoms with Crippen LogP contribution >= 0.6 is 11.8 Å². The van der Waals surface area contributed by atoms with Gasteiger partial charge in [0.25, 0.3) is 0 Å². The molecule has 0 spiro atoms. The lowest BCUT2D eigenvalue weighted by Gasteiger charge is -2.26. The van der Waals surface area contributed by atoms with Crippen molar-refractivity contribution < 1.29 is 0 Å². The normalized spacial score (nSPS) is 18.8. The zero-order valence-electron chi connectivity index (χ0n) is 9.78. The molecule has 1 heterocycles. The van der Waals surface area contributed by atoms with Crippen LogP contribution in [0.25, 0.3) is 0 Å². The van der Waals surface area contributed by atoms with Gasteiger partial charge in [-0.3, -0.25) is 0 Å². The average Bonchev–Trinajstić information content (AvgIpc) is 2.80. The van der Waals surface area contributed by atoms with Crippen molar-refractivity contribution in [2.75, 3.05) is 12.8 Å². The van der Waals surface area contributed by atoms with E-state index in [1.165, 1.54) is 25.7 Å². The maximum Gasteiger partial charge on any atom is 0.115 e. The second-order valence-electron chi connectivity index (χ2n) is 4.40. The largest absolute Gasteiger partial charge is 0.310 e. The summed E-state index contributed by atoms with van der Waals surface area (Å²) in [5.41, 5.74) is 1.07. The fourth-order valence-electron chi connectivity index (χ4n) is 2.31. The molecule has 0 unspecified atom stereocenters. The van der Waals surface area contributed by atoms with E-state index in [-0.39, 0.29) is 0 Å². The zero-order chi connectivity index (χ0) is 11.3. The second kappa shape index (κ2) is 5.64. The molecule has 0 saturated heterocycles. The van der Waals surface area contributed by atoms with Gasteiger partial charge in [-0.1, -0.05) is 12.8 Å². The lowest BCUT2D eigenvalue weighted by Crippen LogP contribution is -2.34. The van der Waals surface area contributed by atoms with E-state index in [4.69, 9.17) is 0 Å². The van der Waals surface area contributed by atoms with Crippen molar-refractivity contribution in [2.24, 2.45) is 0 Å². The van der Waals surface area contributed by atoms with Gasteiger partial charge in [0, 0.05) is 24.0 Å². The standard InChI is InChI=1S/C12H19N3S/c1-16-12(5-2-3-6-12)9-14-8-11-4-7-13-10-15-11/h4,7,10,14H,2-3,5-6,8-9H2,1H3. The Morgan fingerprint density at radius 1 is 1.44 bits per heavy atom. The Morgan fingerprint density at radius 3 is 2.88 bits per heavy atom. The van der Waals surface area contributed by atoms with Crippen molar-refractivity contribution in [3.63, 3.8) is 0 Å². The summed E-state index contributed by atoms with van der Waals surface area (Å²) in [4.78, 5) is 8.13. The molecule has 1 aliphatic rings. The summed E-state index contributed by atoms with van der Waals surface area (Å²) in [6.45, 7) is 1.95. The smallest absolute Gasteiger partial charge is 0.115 e. The van der Waals surface area contributed by atoms with Gasteiger partial charge in [0.15, 0.2) is 0 Å². The Labute approximate surface area is 101 Å². The Balaban J connectivity index is 1.79. The van der Waals surface area contributed by atoms with E-state index in [0.717, 1.165) is 18.8 Å². The molecule has 1 aliphatic carbocycles. The number of rotatable bonds is 5. The van der Waals surface area contributed by atoms with Crippen LogP contribution in [-0.4, -0.2) is 27.5 Å². The van der Waals surface area contributed by atoms with Gasteiger partial charge >= 0.3 is 0 Å². The van der Waals surface area contributed by atoms with Gasteiger partial charge in [-0.25, -0.2) is 9.97 Å². The van der Waals surface area contributed by atoms with Gasteiger partial charge < -0.3 is 5.32 Å². The summed E-state index contributed by atoms with van der Waals surface area (Å²) in [5.74, 6) is 0. The Bertz CT molecular complexity index is 309. The van der Waals surface area contributed by atoms with Crippen LogP contribution < -0.4 is 5.32 Å². The van der Waals surface area contributed by atoms with E-state index < -0.39 is 0 Å². The van der Waals surface area contributed by atoms with Crippen LogP contribution in [0, 0.1) is 0 Å². The lowest BCUT2D eigenvalue weighted by molar-refractivity contribution is 0.530. The molecule has 3 nitrogen and oxygen atoms in total.